The van der Waals surface area contributed by atoms with E-state index in [9.17, 15) is 4.39 Å². The van der Waals surface area contributed by atoms with Crippen LogP contribution in [0.4, 0.5) is 4.39 Å². The highest BCUT2D eigenvalue weighted by molar-refractivity contribution is 4.98. The van der Waals surface area contributed by atoms with Crippen molar-refractivity contribution < 1.29 is 4.39 Å². The van der Waals surface area contributed by atoms with Gasteiger partial charge in [0, 0.05) is 18.6 Å². The second-order valence-corrected chi connectivity index (χ2v) is 7.03. The van der Waals surface area contributed by atoms with Gasteiger partial charge in [-0.15, -0.1) is 0 Å². The second kappa shape index (κ2) is 5.69. The minimum atomic E-state index is -0.516. The molecule has 0 radical (unpaired) electrons. The van der Waals surface area contributed by atoms with Gasteiger partial charge in [0.15, 0.2) is 0 Å². The minimum absolute atomic E-state index is 0.516. The van der Waals surface area contributed by atoms with E-state index in [1.54, 1.807) is 0 Å². The third-order valence-corrected chi connectivity index (χ3v) is 5.96. The zero-order valence-corrected chi connectivity index (χ0v) is 12.5. The Morgan fingerprint density at radius 2 is 1.58 bits per heavy atom. The van der Waals surface area contributed by atoms with Crippen LogP contribution in [0.2, 0.25) is 0 Å². The van der Waals surface area contributed by atoms with E-state index in [4.69, 9.17) is 0 Å². The first-order chi connectivity index (χ1) is 9.16. The van der Waals surface area contributed by atoms with Crippen molar-refractivity contribution in [3.05, 3.63) is 0 Å². The van der Waals surface area contributed by atoms with Gasteiger partial charge in [0.1, 0.15) is 6.17 Å². The Kier molecular flexibility index (Phi) is 4.14. The van der Waals surface area contributed by atoms with Gasteiger partial charge in [0.05, 0.1) is 6.17 Å². The lowest BCUT2D eigenvalue weighted by molar-refractivity contribution is 0.101. The predicted octanol–water partition coefficient (Wildman–Crippen LogP) is 3.42. The second-order valence-electron chi connectivity index (χ2n) is 7.03. The summed E-state index contributed by atoms with van der Waals surface area (Å²) in [6.45, 7) is 3.57. The third kappa shape index (κ3) is 2.69. The van der Waals surface area contributed by atoms with Gasteiger partial charge in [-0.05, 0) is 58.4 Å². The molecule has 3 unspecified atom stereocenters. The molecular weight excluding hydrogens is 239 g/mol. The fourth-order valence-corrected chi connectivity index (χ4v) is 4.63. The van der Waals surface area contributed by atoms with E-state index in [1.165, 1.54) is 32.2 Å². The average Bonchev–Trinajstić information content (AvgIpc) is 2.67. The molecule has 2 saturated carbocycles. The molecule has 2 aliphatic carbocycles. The van der Waals surface area contributed by atoms with Crippen molar-refractivity contribution in [1.82, 2.24) is 9.80 Å². The van der Waals surface area contributed by atoms with E-state index in [0.717, 1.165) is 43.7 Å². The molecule has 3 rings (SSSR count). The summed E-state index contributed by atoms with van der Waals surface area (Å²) >= 11 is 0. The molecule has 0 N–H and O–H groups in total. The topological polar surface area (TPSA) is 6.48 Å². The molecule has 0 bridgehead atoms. The maximum atomic E-state index is 13.3. The highest BCUT2D eigenvalue weighted by Crippen LogP contribution is 2.37. The minimum Gasteiger partial charge on any atom is -0.287 e. The first-order valence-electron chi connectivity index (χ1n) is 8.28. The Labute approximate surface area is 117 Å². The van der Waals surface area contributed by atoms with E-state index in [1.807, 2.05) is 0 Å². The smallest absolute Gasteiger partial charge is 0.100 e. The van der Waals surface area contributed by atoms with Gasteiger partial charge in [0.2, 0.25) is 0 Å². The maximum Gasteiger partial charge on any atom is 0.100 e. The number of nitrogens with zero attached hydrogens (tertiary/aromatic N) is 2. The first kappa shape index (κ1) is 13.8. The molecule has 3 atom stereocenters. The number of likely N-dealkylation sites (N-methyl/N-ethyl adjacent to an activating group) is 1. The highest BCUT2D eigenvalue weighted by Gasteiger charge is 2.44. The molecule has 2 nitrogen and oxygen atoms in total. The lowest BCUT2D eigenvalue weighted by atomic mass is 9.86. The summed E-state index contributed by atoms with van der Waals surface area (Å²) in [7, 11) is 2.30. The molecule has 3 fully saturated rings. The van der Waals surface area contributed by atoms with E-state index < -0.39 is 6.17 Å². The molecule has 1 saturated heterocycles. The molecule has 1 heterocycles. The van der Waals surface area contributed by atoms with Gasteiger partial charge in [0.25, 0.3) is 0 Å². The van der Waals surface area contributed by atoms with Crippen LogP contribution in [0.25, 0.3) is 0 Å². The van der Waals surface area contributed by atoms with Gasteiger partial charge >= 0.3 is 0 Å². The van der Waals surface area contributed by atoms with Crippen LogP contribution < -0.4 is 0 Å². The van der Waals surface area contributed by atoms with Crippen LogP contribution in [-0.4, -0.2) is 47.8 Å². The summed E-state index contributed by atoms with van der Waals surface area (Å²) in [5.41, 5.74) is 0. The Balaban J connectivity index is 1.62. The van der Waals surface area contributed by atoms with Gasteiger partial charge in [-0.3, -0.25) is 9.80 Å². The van der Waals surface area contributed by atoms with Crippen LogP contribution in [0.5, 0.6) is 0 Å². The zero-order chi connectivity index (χ0) is 13.4. The largest absolute Gasteiger partial charge is 0.287 e. The quantitative estimate of drug-likeness (QED) is 0.757. The van der Waals surface area contributed by atoms with Crippen LogP contribution in [0.15, 0.2) is 0 Å². The standard InChI is InChI=1S/C16H29FN2/c1-12-18(2)15-5-3-4-6-16(15)19(12)11-13-7-9-14(17)10-8-13/h12-16H,3-11H2,1-2H3. The number of hydrogen-bond donors (Lipinski definition) is 0. The van der Waals surface area contributed by atoms with E-state index in [2.05, 4.69) is 23.8 Å². The Morgan fingerprint density at radius 1 is 0.947 bits per heavy atom. The van der Waals surface area contributed by atoms with Crippen molar-refractivity contribution in [2.75, 3.05) is 13.6 Å². The first-order valence-corrected chi connectivity index (χ1v) is 8.28. The number of halogens is 1. The van der Waals surface area contributed by atoms with Crippen LogP contribution in [0.1, 0.15) is 58.3 Å². The zero-order valence-electron chi connectivity index (χ0n) is 12.5. The van der Waals surface area contributed by atoms with Crippen molar-refractivity contribution in [3.63, 3.8) is 0 Å². The average molecular weight is 268 g/mol. The monoisotopic (exact) mass is 268 g/mol. The van der Waals surface area contributed by atoms with E-state index in [-0.39, 0.29) is 0 Å². The Morgan fingerprint density at radius 3 is 2.26 bits per heavy atom. The normalized spacial score (nSPS) is 45.3. The molecule has 3 heteroatoms. The van der Waals surface area contributed by atoms with Crippen molar-refractivity contribution in [3.8, 4) is 0 Å². The number of alkyl halides is 1. The van der Waals surface area contributed by atoms with Crippen molar-refractivity contribution in [2.24, 2.45) is 5.92 Å². The Bertz CT molecular complexity index is 301. The molecule has 3 aliphatic rings. The summed E-state index contributed by atoms with van der Waals surface area (Å²) in [4.78, 5) is 5.33. The fourth-order valence-electron chi connectivity index (χ4n) is 4.63. The van der Waals surface area contributed by atoms with Crippen LogP contribution in [0.3, 0.4) is 0 Å². The maximum absolute atomic E-state index is 13.3. The number of rotatable bonds is 2. The van der Waals surface area contributed by atoms with E-state index in [0.29, 0.717) is 6.17 Å². The van der Waals surface area contributed by atoms with Crippen LogP contribution >= 0.6 is 0 Å². The molecule has 1 aliphatic heterocycles. The highest BCUT2D eigenvalue weighted by atomic mass is 19.1. The summed E-state index contributed by atoms with van der Waals surface area (Å²) in [5.74, 6) is 0.739. The molecule has 0 amide bonds. The summed E-state index contributed by atoms with van der Waals surface area (Å²) in [5, 5.41) is 0. The predicted molar refractivity (Wildman–Crippen MR) is 76.8 cm³/mol. The van der Waals surface area contributed by atoms with Gasteiger partial charge in [-0.2, -0.15) is 0 Å². The Hall–Kier alpha value is -0.150. The summed E-state index contributed by atoms with van der Waals surface area (Å²) in [6, 6.07) is 1.55. The van der Waals surface area contributed by atoms with Gasteiger partial charge in [-0.1, -0.05) is 12.8 Å². The summed E-state index contributed by atoms with van der Waals surface area (Å²) in [6.07, 6.45) is 9.42. The molecule has 0 aromatic carbocycles. The molecule has 19 heavy (non-hydrogen) atoms. The molecule has 0 spiro atoms. The molecular formula is C16H29FN2. The number of hydrogen-bond acceptors (Lipinski definition) is 2. The van der Waals surface area contributed by atoms with E-state index >= 15 is 0 Å². The van der Waals surface area contributed by atoms with Gasteiger partial charge < -0.3 is 0 Å². The van der Waals surface area contributed by atoms with Crippen molar-refractivity contribution in [1.29, 1.82) is 0 Å². The molecule has 0 aromatic heterocycles. The number of fused-ring (bicyclic) bond motifs is 1. The molecule has 110 valence electrons. The third-order valence-electron chi connectivity index (χ3n) is 5.96. The van der Waals surface area contributed by atoms with Crippen LogP contribution in [-0.2, 0) is 0 Å². The van der Waals surface area contributed by atoms with Crippen LogP contribution in [0, 0.1) is 5.92 Å². The lowest BCUT2D eigenvalue weighted by Gasteiger charge is -2.35. The SMILES string of the molecule is CC1N(C)C2CCCCC2N1CC1CCC(F)CC1. The molecule has 0 aromatic rings. The van der Waals surface area contributed by atoms with Gasteiger partial charge in [-0.25, -0.2) is 4.39 Å². The van der Waals surface area contributed by atoms with Crippen molar-refractivity contribution in [2.45, 2.75) is 82.7 Å². The summed E-state index contributed by atoms with van der Waals surface area (Å²) < 4.78 is 13.3. The lowest BCUT2D eigenvalue weighted by Crippen LogP contribution is -2.42. The fraction of sp³-hybridized carbons (Fsp3) is 1.00. The van der Waals surface area contributed by atoms with Crippen molar-refractivity contribution >= 4 is 0 Å².